The number of thiophene rings is 1. The molecule has 8 heteroatoms. The SMILES string of the molecule is CCCCCCCCC(CCCCCC)CN1C(=O)C2=C(c3ccc(C(C)(C)C)o3)N(CC(CCCCCC)CCCCCCCC)C(=O)C2=C1c1ccc(-c2cc3c4c(ccc3s2)C(CCC)S4)o1. The number of nitrogens with zero attached hydrogens (tertiary/aromatic N) is 2. The van der Waals surface area contributed by atoms with E-state index in [2.05, 4.69) is 85.7 Å². The van der Waals surface area contributed by atoms with Crippen LogP contribution in [0.2, 0.25) is 0 Å². The summed E-state index contributed by atoms with van der Waals surface area (Å²) in [4.78, 5) is 37.9. The van der Waals surface area contributed by atoms with Gasteiger partial charge in [-0.15, -0.1) is 23.1 Å². The standard InChI is InChI=1S/C62H90N2O4S2/c1-9-14-18-22-24-28-33-44(31-26-20-16-11-3)42-63-57(49-37-36-48(67-49)53-41-47-52(69-53)39-35-46-51(30-13-5)70-59(46)47)55-56(61(63)66)58(50-38-40-54(68-50)62(6,7)8)64(60(55)65)43-45(32-27-21-17-12-4)34-29-25-23-19-15-10-2/h35-41,44-45,51H,9-34,42-43H2,1-8H3. The zero-order chi connectivity index (χ0) is 49.6. The number of hydrogen-bond acceptors (Lipinski definition) is 6. The minimum absolute atomic E-state index is 0.0840. The lowest BCUT2D eigenvalue weighted by atomic mass is 9.93. The van der Waals surface area contributed by atoms with Gasteiger partial charge in [-0.3, -0.25) is 9.59 Å². The zero-order valence-corrected chi connectivity index (χ0v) is 46.5. The number of thioether (sulfide) groups is 1. The highest BCUT2D eigenvalue weighted by Gasteiger charge is 2.51. The normalized spacial score (nSPS) is 16.9. The summed E-state index contributed by atoms with van der Waals surface area (Å²) in [5.41, 5.74) is 3.55. The number of unbranched alkanes of at least 4 members (excludes halogenated alkanes) is 16. The van der Waals surface area contributed by atoms with E-state index in [0.717, 1.165) is 67.8 Å². The lowest BCUT2D eigenvalue weighted by Gasteiger charge is -2.29. The van der Waals surface area contributed by atoms with Crippen molar-refractivity contribution in [1.29, 1.82) is 0 Å². The van der Waals surface area contributed by atoms with E-state index in [-0.39, 0.29) is 17.2 Å². The summed E-state index contributed by atoms with van der Waals surface area (Å²) >= 11 is 3.78. The van der Waals surface area contributed by atoms with Crippen LogP contribution in [0.4, 0.5) is 0 Å². The number of carbonyl (C=O) groups is 2. The van der Waals surface area contributed by atoms with Crippen molar-refractivity contribution in [3.05, 3.63) is 76.5 Å². The summed E-state index contributed by atoms with van der Waals surface area (Å²) in [5, 5.41) is 1.89. The summed E-state index contributed by atoms with van der Waals surface area (Å²) in [7, 11) is 0. The van der Waals surface area contributed by atoms with Crippen molar-refractivity contribution >= 4 is 56.4 Å². The molecule has 3 atom stereocenters. The van der Waals surface area contributed by atoms with Crippen LogP contribution in [0.3, 0.4) is 0 Å². The molecule has 3 aliphatic heterocycles. The van der Waals surface area contributed by atoms with Crippen molar-refractivity contribution in [2.45, 2.75) is 238 Å². The van der Waals surface area contributed by atoms with Crippen LogP contribution in [0, 0.1) is 11.8 Å². The predicted molar refractivity (Wildman–Crippen MR) is 298 cm³/mol. The first-order valence-electron chi connectivity index (χ1n) is 28.6. The van der Waals surface area contributed by atoms with Crippen molar-refractivity contribution in [2.75, 3.05) is 13.1 Å². The Kier molecular flexibility index (Phi) is 20.5. The van der Waals surface area contributed by atoms with Gasteiger partial charge in [0.05, 0.1) is 16.0 Å². The molecule has 0 saturated carbocycles. The van der Waals surface area contributed by atoms with Crippen LogP contribution < -0.4 is 0 Å². The summed E-state index contributed by atoms with van der Waals surface area (Å²) in [6, 6.07) is 15.1. The maximum Gasteiger partial charge on any atom is 0.261 e. The Labute approximate surface area is 432 Å². The summed E-state index contributed by atoms with van der Waals surface area (Å²) in [6.07, 6.45) is 31.3. The van der Waals surface area contributed by atoms with Crippen molar-refractivity contribution in [1.82, 2.24) is 9.80 Å². The van der Waals surface area contributed by atoms with Gasteiger partial charge in [0.25, 0.3) is 11.8 Å². The van der Waals surface area contributed by atoms with Crippen molar-refractivity contribution < 1.29 is 18.4 Å². The van der Waals surface area contributed by atoms with Gasteiger partial charge in [-0.2, -0.15) is 0 Å². The Bertz CT molecular complexity index is 2370. The molecule has 0 fully saturated rings. The first-order chi connectivity index (χ1) is 34.0. The number of rotatable bonds is 33. The molecule has 70 heavy (non-hydrogen) atoms. The molecule has 1 aromatic carbocycles. The minimum atomic E-state index is -0.235. The number of amides is 2. The highest BCUT2D eigenvalue weighted by Crippen LogP contribution is 2.56. The molecule has 3 aromatic heterocycles. The molecular formula is C62H90N2O4S2. The smallest absolute Gasteiger partial charge is 0.261 e. The minimum Gasteiger partial charge on any atom is -0.459 e. The van der Waals surface area contributed by atoms with E-state index in [4.69, 9.17) is 8.83 Å². The van der Waals surface area contributed by atoms with Crippen LogP contribution in [-0.2, 0) is 15.0 Å². The monoisotopic (exact) mass is 991 g/mol. The Morgan fingerprint density at radius 3 is 1.49 bits per heavy atom. The third-order valence-corrected chi connectivity index (χ3v) is 18.0. The maximum absolute atomic E-state index is 15.7. The third-order valence-electron chi connectivity index (χ3n) is 15.4. The molecule has 6 heterocycles. The second-order valence-corrected chi connectivity index (χ2v) is 24.6. The van der Waals surface area contributed by atoms with Gasteiger partial charge in [0, 0.05) is 38.7 Å². The van der Waals surface area contributed by atoms with Crippen molar-refractivity contribution in [3.63, 3.8) is 0 Å². The maximum atomic E-state index is 15.7. The number of carbonyl (C=O) groups excluding carboxylic acids is 2. The molecule has 4 aromatic rings. The fraction of sp³-hybridized carbons (Fsp3) is 0.645. The molecular weight excluding hydrogens is 901 g/mol. The molecule has 0 saturated heterocycles. The highest BCUT2D eigenvalue weighted by atomic mass is 32.2. The molecule has 7 rings (SSSR count). The Morgan fingerprint density at radius 2 is 1.00 bits per heavy atom. The lowest BCUT2D eigenvalue weighted by Crippen LogP contribution is -2.34. The van der Waals surface area contributed by atoms with Gasteiger partial charge in [-0.1, -0.05) is 196 Å². The first-order valence-corrected chi connectivity index (χ1v) is 30.3. The Morgan fingerprint density at radius 1 is 0.543 bits per heavy atom. The first kappa shape index (κ1) is 54.3. The topological polar surface area (TPSA) is 66.9 Å². The zero-order valence-electron chi connectivity index (χ0n) is 44.9. The average Bonchev–Trinajstić information content (AvgIpc) is 4.19. The molecule has 6 nitrogen and oxygen atoms in total. The number of fused-ring (bicyclic) bond motifs is 4. The third kappa shape index (κ3) is 13.2. The van der Waals surface area contributed by atoms with Crippen LogP contribution in [0.25, 0.3) is 32.1 Å². The average molecular weight is 992 g/mol. The molecule has 3 aliphatic rings. The summed E-state index contributed by atoms with van der Waals surface area (Å²) in [5.74, 6) is 3.34. The van der Waals surface area contributed by atoms with Gasteiger partial charge in [-0.05, 0) is 85.9 Å². The summed E-state index contributed by atoms with van der Waals surface area (Å²) in [6.45, 7) is 19.0. The van der Waals surface area contributed by atoms with E-state index in [1.807, 2.05) is 33.7 Å². The van der Waals surface area contributed by atoms with E-state index in [0.29, 0.717) is 64.2 Å². The largest absolute Gasteiger partial charge is 0.459 e. The number of benzene rings is 1. The molecule has 0 spiro atoms. The second kappa shape index (κ2) is 26.5. The van der Waals surface area contributed by atoms with E-state index in [9.17, 15) is 0 Å². The molecule has 0 radical (unpaired) electrons. The van der Waals surface area contributed by atoms with Gasteiger partial charge < -0.3 is 18.6 Å². The fourth-order valence-electron chi connectivity index (χ4n) is 11.3. The molecule has 2 amide bonds. The van der Waals surface area contributed by atoms with Gasteiger partial charge in [-0.25, -0.2) is 0 Å². The molecule has 3 unspecified atom stereocenters. The molecule has 0 aliphatic carbocycles. The summed E-state index contributed by atoms with van der Waals surface area (Å²) < 4.78 is 15.1. The van der Waals surface area contributed by atoms with Crippen LogP contribution in [0.15, 0.2) is 67.3 Å². The van der Waals surface area contributed by atoms with Crippen LogP contribution in [-0.4, -0.2) is 34.7 Å². The number of hydrogen-bond donors (Lipinski definition) is 0. The lowest BCUT2D eigenvalue weighted by molar-refractivity contribution is -0.124. The number of furan rings is 2. The molecule has 0 bridgehead atoms. The highest BCUT2D eigenvalue weighted by molar-refractivity contribution is 8.01. The molecule has 384 valence electrons. The van der Waals surface area contributed by atoms with Gasteiger partial charge in [0.15, 0.2) is 11.5 Å². The van der Waals surface area contributed by atoms with Crippen LogP contribution in [0.1, 0.15) is 250 Å². The van der Waals surface area contributed by atoms with E-state index in [1.54, 1.807) is 11.3 Å². The quantitative estimate of drug-likeness (QED) is 0.0445. The Balaban J connectivity index is 1.30. The van der Waals surface area contributed by atoms with Gasteiger partial charge >= 0.3 is 0 Å². The Hall–Kier alpha value is -3.49. The predicted octanol–water partition coefficient (Wildman–Crippen LogP) is 19.5. The van der Waals surface area contributed by atoms with Crippen molar-refractivity contribution in [2.24, 2.45) is 11.8 Å². The van der Waals surface area contributed by atoms with E-state index >= 15 is 9.59 Å². The van der Waals surface area contributed by atoms with Gasteiger partial charge in [0.2, 0.25) is 0 Å². The fourth-order valence-corrected chi connectivity index (χ4v) is 13.8. The molecule has 0 N–H and O–H groups in total. The van der Waals surface area contributed by atoms with Crippen molar-refractivity contribution in [3.8, 4) is 10.6 Å². The van der Waals surface area contributed by atoms with E-state index < -0.39 is 0 Å². The van der Waals surface area contributed by atoms with Crippen LogP contribution in [0.5, 0.6) is 0 Å². The second-order valence-electron chi connectivity index (χ2n) is 22.3. The van der Waals surface area contributed by atoms with Crippen LogP contribution >= 0.6 is 23.1 Å². The van der Waals surface area contributed by atoms with E-state index in [1.165, 1.54) is 136 Å². The van der Waals surface area contributed by atoms with Gasteiger partial charge in [0.1, 0.15) is 22.9 Å².